The molecular weight excluding hydrogens is 218 g/mol. The molecule has 0 heterocycles. The number of nitrogens with zero attached hydrogens (tertiary/aromatic N) is 1. The Morgan fingerprint density at radius 2 is 2.06 bits per heavy atom. The van der Waals surface area contributed by atoms with Gasteiger partial charge in [-0.05, 0) is 46.0 Å². The molecule has 98 valence electrons. The summed E-state index contributed by atoms with van der Waals surface area (Å²) in [7, 11) is 0. The highest BCUT2D eigenvalue weighted by Crippen LogP contribution is 2.23. The Hall–Kier alpha value is -1.03. The Balaban J connectivity index is 2.54. The van der Waals surface area contributed by atoms with E-state index in [1.807, 2.05) is 6.08 Å². The van der Waals surface area contributed by atoms with Gasteiger partial charge in [0.05, 0.1) is 6.04 Å². The van der Waals surface area contributed by atoms with E-state index in [1.165, 1.54) is 0 Å². The topological polar surface area (TPSA) is 49.8 Å². The van der Waals surface area contributed by atoms with Gasteiger partial charge in [0.15, 0.2) is 0 Å². The van der Waals surface area contributed by atoms with Gasteiger partial charge in [0.25, 0.3) is 0 Å². The molecule has 0 bridgehead atoms. The lowest BCUT2D eigenvalue weighted by molar-refractivity contribution is -0.112. The normalized spacial score (nSPS) is 24.5. The third kappa shape index (κ3) is 4.38. The molecule has 1 aliphatic rings. The Labute approximate surface area is 103 Å². The fourth-order valence-corrected chi connectivity index (χ4v) is 1.85. The summed E-state index contributed by atoms with van der Waals surface area (Å²) in [5.41, 5.74) is -0.581. The summed E-state index contributed by atoms with van der Waals surface area (Å²) < 4.78 is 5.11. The number of hydroxylamine groups is 2. The Kier molecular flexibility index (Phi) is 4.57. The molecule has 4 heteroatoms. The monoisotopic (exact) mass is 241 g/mol. The average molecular weight is 241 g/mol. The highest BCUT2D eigenvalue weighted by atomic mass is 16.6. The summed E-state index contributed by atoms with van der Waals surface area (Å²) in [5, 5.41) is 10.5. The number of hydrogen-bond donors (Lipinski definition) is 1. The number of ether oxygens (including phenoxy) is 1. The molecule has 0 saturated carbocycles. The molecule has 0 saturated heterocycles. The largest absolute Gasteiger partial charge is 0.442 e. The number of carbonyl (C=O) groups is 1. The smallest absolute Gasteiger partial charge is 0.434 e. The van der Waals surface area contributed by atoms with Crippen LogP contribution >= 0.6 is 0 Å². The van der Waals surface area contributed by atoms with Crippen LogP contribution < -0.4 is 0 Å². The molecule has 0 radical (unpaired) electrons. The fourth-order valence-electron chi connectivity index (χ4n) is 1.85. The summed E-state index contributed by atoms with van der Waals surface area (Å²) in [6.07, 6.45) is 6.16. The van der Waals surface area contributed by atoms with Crippen LogP contribution in [0.1, 0.15) is 47.0 Å². The van der Waals surface area contributed by atoms with Crippen molar-refractivity contribution in [2.24, 2.45) is 5.92 Å². The second-order valence-electron chi connectivity index (χ2n) is 5.52. The molecule has 1 N–H and O–H groups in total. The molecule has 0 aromatic rings. The number of hydrogen-bond acceptors (Lipinski definition) is 3. The first kappa shape index (κ1) is 14.0. The van der Waals surface area contributed by atoms with Gasteiger partial charge in [-0.25, -0.2) is 4.79 Å². The van der Waals surface area contributed by atoms with E-state index in [4.69, 9.17) is 4.74 Å². The number of rotatable bonds is 2. The Morgan fingerprint density at radius 3 is 2.47 bits per heavy atom. The van der Waals surface area contributed by atoms with Gasteiger partial charge < -0.3 is 4.74 Å². The number of amides is 1. The average Bonchev–Trinajstić information content (AvgIpc) is 2.26. The molecule has 1 aliphatic carbocycles. The van der Waals surface area contributed by atoms with Gasteiger partial charge >= 0.3 is 6.09 Å². The SMILES string of the molecule is CC[C@H]1C=C[C@H](N(O)C(=O)OC(C)(C)C)CC1. The van der Waals surface area contributed by atoms with Crippen LogP contribution in [0.25, 0.3) is 0 Å². The summed E-state index contributed by atoms with van der Waals surface area (Å²) in [5.74, 6) is 0.568. The maximum Gasteiger partial charge on any atom is 0.434 e. The zero-order valence-electron chi connectivity index (χ0n) is 11.1. The molecule has 0 fully saturated rings. The molecule has 4 nitrogen and oxygen atoms in total. The van der Waals surface area contributed by atoms with Crippen LogP contribution in [0.5, 0.6) is 0 Å². The first-order valence-electron chi connectivity index (χ1n) is 6.23. The molecule has 1 rings (SSSR count). The molecule has 2 atom stereocenters. The van der Waals surface area contributed by atoms with Crippen molar-refractivity contribution >= 4 is 6.09 Å². The maximum absolute atomic E-state index is 11.6. The summed E-state index contributed by atoms with van der Waals surface area (Å²) in [6.45, 7) is 7.48. The van der Waals surface area contributed by atoms with Gasteiger partial charge in [-0.3, -0.25) is 5.21 Å². The number of carbonyl (C=O) groups excluding carboxylic acids is 1. The molecular formula is C13H23NO3. The minimum absolute atomic E-state index is 0.257. The van der Waals surface area contributed by atoms with Crippen molar-refractivity contribution in [2.75, 3.05) is 0 Å². The summed E-state index contributed by atoms with van der Waals surface area (Å²) >= 11 is 0. The van der Waals surface area contributed by atoms with E-state index < -0.39 is 11.7 Å². The van der Waals surface area contributed by atoms with Gasteiger partial charge in [-0.2, -0.15) is 5.06 Å². The van der Waals surface area contributed by atoms with Crippen molar-refractivity contribution in [1.29, 1.82) is 0 Å². The van der Waals surface area contributed by atoms with Crippen LogP contribution in [-0.2, 0) is 4.74 Å². The van der Waals surface area contributed by atoms with Crippen molar-refractivity contribution in [3.05, 3.63) is 12.2 Å². The van der Waals surface area contributed by atoms with E-state index in [-0.39, 0.29) is 6.04 Å². The quantitative estimate of drug-likeness (QED) is 0.458. The van der Waals surface area contributed by atoms with Crippen LogP contribution in [0, 0.1) is 5.92 Å². The predicted octanol–water partition coefficient (Wildman–Crippen LogP) is 3.36. The molecule has 17 heavy (non-hydrogen) atoms. The van der Waals surface area contributed by atoms with Crippen LogP contribution in [0.15, 0.2) is 12.2 Å². The van der Waals surface area contributed by atoms with E-state index in [0.29, 0.717) is 11.0 Å². The van der Waals surface area contributed by atoms with Crippen LogP contribution in [0.3, 0.4) is 0 Å². The molecule has 1 amide bonds. The summed E-state index contributed by atoms with van der Waals surface area (Å²) in [4.78, 5) is 11.6. The Bertz CT molecular complexity index is 294. The Morgan fingerprint density at radius 1 is 1.41 bits per heavy atom. The van der Waals surface area contributed by atoms with Gasteiger partial charge in [0.2, 0.25) is 0 Å². The van der Waals surface area contributed by atoms with Crippen molar-refractivity contribution in [3.8, 4) is 0 Å². The van der Waals surface area contributed by atoms with Crippen molar-refractivity contribution in [1.82, 2.24) is 5.06 Å². The lowest BCUT2D eigenvalue weighted by Gasteiger charge is -2.30. The van der Waals surface area contributed by atoms with Crippen LogP contribution in [0.2, 0.25) is 0 Å². The zero-order valence-corrected chi connectivity index (χ0v) is 11.1. The van der Waals surface area contributed by atoms with E-state index in [9.17, 15) is 10.0 Å². The van der Waals surface area contributed by atoms with E-state index in [1.54, 1.807) is 20.8 Å². The highest BCUT2D eigenvalue weighted by molar-refractivity contribution is 5.67. The summed E-state index contributed by atoms with van der Waals surface area (Å²) in [6, 6.07) is -0.257. The number of allylic oxidation sites excluding steroid dienone is 1. The molecule has 0 unspecified atom stereocenters. The molecule has 0 spiro atoms. The maximum atomic E-state index is 11.6. The van der Waals surface area contributed by atoms with Gasteiger partial charge in [-0.1, -0.05) is 19.1 Å². The zero-order chi connectivity index (χ0) is 13.1. The van der Waals surface area contributed by atoms with Gasteiger partial charge in [-0.15, -0.1) is 0 Å². The third-order valence-corrected chi connectivity index (χ3v) is 2.86. The van der Waals surface area contributed by atoms with E-state index >= 15 is 0 Å². The highest BCUT2D eigenvalue weighted by Gasteiger charge is 2.27. The minimum Gasteiger partial charge on any atom is -0.442 e. The second kappa shape index (κ2) is 5.54. The van der Waals surface area contributed by atoms with Gasteiger partial charge in [0, 0.05) is 0 Å². The first-order valence-corrected chi connectivity index (χ1v) is 6.23. The van der Waals surface area contributed by atoms with Crippen LogP contribution in [-0.4, -0.2) is 28.0 Å². The first-order chi connectivity index (χ1) is 7.83. The lowest BCUT2D eigenvalue weighted by atomic mass is 9.91. The van der Waals surface area contributed by atoms with Crippen molar-refractivity contribution < 1.29 is 14.7 Å². The van der Waals surface area contributed by atoms with Crippen LogP contribution in [0.4, 0.5) is 4.79 Å². The molecule has 0 aliphatic heterocycles. The second-order valence-corrected chi connectivity index (χ2v) is 5.52. The minimum atomic E-state index is -0.679. The third-order valence-electron chi connectivity index (χ3n) is 2.86. The predicted molar refractivity (Wildman–Crippen MR) is 65.8 cm³/mol. The molecule has 0 aromatic carbocycles. The fraction of sp³-hybridized carbons (Fsp3) is 0.769. The van der Waals surface area contributed by atoms with E-state index in [2.05, 4.69) is 13.0 Å². The van der Waals surface area contributed by atoms with Crippen molar-refractivity contribution in [2.45, 2.75) is 58.6 Å². The molecule has 0 aromatic heterocycles. The lowest BCUT2D eigenvalue weighted by Crippen LogP contribution is -2.41. The van der Waals surface area contributed by atoms with Crippen molar-refractivity contribution in [3.63, 3.8) is 0 Å². The van der Waals surface area contributed by atoms with Gasteiger partial charge in [0.1, 0.15) is 5.60 Å². The van der Waals surface area contributed by atoms with E-state index in [0.717, 1.165) is 19.3 Å². The standard InChI is InChI=1S/C13H23NO3/c1-5-10-6-8-11(9-7-10)14(16)12(15)17-13(2,3)4/h6,8,10-11,16H,5,7,9H2,1-4H3/t10-,11-/m0/s1.